The molecule has 2 aromatic carbocycles. The monoisotopic (exact) mass is 481 g/mol. The van der Waals surface area contributed by atoms with Crippen molar-refractivity contribution in [2.45, 2.75) is 44.8 Å². The third-order valence-corrected chi connectivity index (χ3v) is 6.24. The average molecular weight is 482 g/mol. The number of aliphatic hydroxyl groups excluding tert-OH is 1. The number of ether oxygens (including phenoxy) is 3. The molecule has 0 amide bonds. The highest BCUT2D eigenvalue weighted by molar-refractivity contribution is 5.67. The van der Waals surface area contributed by atoms with Crippen LogP contribution in [0.5, 0.6) is 17.2 Å². The lowest BCUT2D eigenvalue weighted by atomic mass is 9.89. The van der Waals surface area contributed by atoms with E-state index in [0.717, 1.165) is 24.8 Å². The van der Waals surface area contributed by atoms with Crippen LogP contribution in [-0.2, 0) is 24.2 Å². The number of hydrogen-bond acceptors (Lipinski definition) is 5. The number of aliphatic hydroxyl groups is 1. The molecule has 0 saturated heterocycles. The van der Waals surface area contributed by atoms with Crippen molar-refractivity contribution in [3.63, 3.8) is 0 Å². The minimum atomic E-state index is -0.811. The molecule has 0 bridgehead atoms. The quantitative estimate of drug-likeness (QED) is 0.340. The summed E-state index contributed by atoms with van der Waals surface area (Å²) in [6.45, 7) is 0.597. The number of aromatic nitrogens is 1. The van der Waals surface area contributed by atoms with Gasteiger partial charge in [0.1, 0.15) is 0 Å². The van der Waals surface area contributed by atoms with Crippen LogP contribution in [0.1, 0.15) is 42.1 Å². The molecule has 188 valence electrons. The molecule has 35 heavy (non-hydrogen) atoms. The van der Waals surface area contributed by atoms with Gasteiger partial charge in [0.15, 0.2) is 11.5 Å². The summed E-state index contributed by atoms with van der Waals surface area (Å²) < 4.78 is 18.4. The van der Waals surface area contributed by atoms with Crippen molar-refractivity contribution in [2.75, 3.05) is 21.3 Å². The molecule has 1 heterocycles. The van der Waals surface area contributed by atoms with Crippen molar-refractivity contribution in [3.05, 3.63) is 77.6 Å². The Morgan fingerprint density at radius 1 is 0.943 bits per heavy atom. The third-order valence-electron chi connectivity index (χ3n) is 6.24. The molecule has 0 fully saturated rings. The summed E-state index contributed by atoms with van der Waals surface area (Å²) in [5, 5.41) is 20.5. The van der Waals surface area contributed by atoms with E-state index < -0.39 is 12.1 Å². The van der Waals surface area contributed by atoms with Crippen molar-refractivity contribution in [1.82, 2.24) is 4.57 Å². The molecule has 0 unspecified atom stereocenters. The van der Waals surface area contributed by atoms with Crippen molar-refractivity contribution in [3.8, 4) is 17.2 Å². The Kier molecular flexibility index (Phi) is 9.61. The number of carboxylic acids is 1. The fraction of sp³-hybridized carbons (Fsp3) is 0.393. The van der Waals surface area contributed by atoms with E-state index >= 15 is 0 Å². The van der Waals surface area contributed by atoms with Gasteiger partial charge in [-0.25, -0.2) is 0 Å². The van der Waals surface area contributed by atoms with Crippen LogP contribution in [0.4, 0.5) is 0 Å². The predicted molar refractivity (Wildman–Crippen MR) is 134 cm³/mol. The number of hydrogen-bond donors (Lipinski definition) is 2. The van der Waals surface area contributed by atoms with Crippen molar-refractivity contribution < 1.29 is 29.2 Å². The third kappa shape index (κ3) is 7.26. The van der Waals surface area contributed by atoms with Crippen LogP contribution in [-0.4, -0.2) is 42.1 Å². The van der Waals surface area contributed by atoms with Crippen LogP contribution in [0.25, 0.3) is 0 Å². The van der Waals surface area contributed by atoms with E-state index in [4.69, 9.17) is 19.3 Å². The number of nitrogens with zero attached hydrogens (tertiary/aromatic N) is 1. The molecule has 2 atom stereocenters. The lowest BCUT2D eigenvalue weighted by Crippen LogP contribution is -2.19. The maximum atomic E-state index is 11.5. The Bertz CT molecular complexity index is 1050. The Balaban J connectivity index is 1.81. The summed E-state index contributed by atoms with van der Waals surface area (Å²) in [5.41, 5.74) is 2.94. The minimum Gasteiger partial charge on any atom is -0.493 e. The molecule has 1 aromatic heterocycles. The lowest BCUT2D eigenvalue weighted by molar-refractivity contribution is -0.136. The number of aliphatic carboxylic acids is 1. The molecule has 3 rings (SSSR count). The number of aryl methyl sites for hydroxylation is 2. The Hall–Kier alpha value is -3.45. The van der Waals surface area contributed by atoms with Crippen LogP contribution in [0, 0.1) is 5.92 Å². The number of carbonyl (C=O) groups is 1. The van der Waals surface area contributed by atoms with E-state index in [2.05, 4.69) is 12.1 Å². The molecule has 0 spiro atoms. The fourth-order valence-electron chi connectivity index (χ4n) is 4.38. The number of benzene rings is 2. The molecule has 3 aromatic rings. The summed E-state index contributed by atoms with van der Waals surface area (Å²) in [6.07, 6.45) is 6.38. The lowest BCUT2D eigenvalue weighted by Gasteiger charge is -2.25. The zero-order chi connectivity index (χ0) is 25.2. The highest BCUT2D eigenvalue weighted by Gasteiger charge is 2.25. The molecule has 0 aliphatic rings. The first kappa shape index (κ1) is 26.2. The van der Waals surface area contributed by atoms with Gasteiger partial charge in [0.25, 0.3) is 0 Å². The van der Waals surface area contributed by atoms with Gasteiger partial charge in [-0.2, -0.15) is 0 Å². The first-order valence-electron chi connectivity index (χ1n) is 11.8. The topological polar surface area (TPSA) is 90.2 Å². The Labute approximate surface area is 206 Å². The minimum absolute atomic E-state index is 0.0822. The maximum absolute atomic E-state index is 11.5. The molecule has 2 N–H and O–H groups in total. The van der Waals surface area contributed by atoms with Gasteiger partial charge in [-0.05, 0) is 60.6 Å². The zero-order valence-corrected chi connectivity index (χ0v) is 20.6. The number of methoxy groups -OCH3 is 3. The van der Waals surface area contributed by atoms with Gasteiger partial charge in [0.2, 0.25) is 5.75 Å². The number of rotatable bonds is 14. The normalized spacial score (nSPS) is 12.7. The van der Waals surface area contributed by atoms with Gasteiger partial charge in [-0.3, -0.25) is 4.79 Å². The zero-order valence-electron chi connectivity index (χ0n) is 20.6. The van der Waals surface area contributed by atoms with Gasteiger partial charge in [0, 0.05) is 31.3 Å². The molecule has 7 nitrogen and oxygen atoms in total. The van der Waals surface area contributed by atoms with Crippen LogP contribution >= 0.6 is 0 Å². The fourth-order valence-corrected chi connectivity index (χ4v) is 4.38. The molecule has 0 saturated carbocycles. The average Bonchev–Trinajstić information content (AvgIpc) is 3.33. The SMILES string of the molecule is COc1cc([C@@H](O)[C@@H](CCCc2ccccc2)Cn2ccc(CCC(=O)O)c2)cc(OC)c1OC. The van der Waals surface area contributed by atoms with Crippen LogP contribution in [0.3, 0.4) is 0 Å². The summed E-state index contributed by atoms with van der Waals surface area (Å²) in [7, 11) is 4.67. The first-order chi connectivity index (χ1) is 16.9. The summed E-state index contributed by atoms with van der Waals surface area (Å²) >= 11 is 0. The van der Waals surface area contributed by atoms with Gasteiger partial charge in [-0.1, -0.05) is 30.3 Å². The van der Waals surface area contributed by atoms with Crippen LogP contribution in [0.2, 0.25) is 0 Å². The molecular weight excluding hydrogens is 446 g/mol. The van der Waals surface area contributed by atoms with E-state index in [1.807, 2.05) is 41.2 Å². The van der Waals surface area contributed by atoms with Crippen molar-refractivity contribution >= 4 is 5.97 Å². The highest BCUT2D eigenvalue weighted by atomic mass is 16.5. The number of carboxylic acid groups (broad SMARTS) is 1. The van der Waals surface area contributed by atoms with E-state index in [9.17, 15) is 9.90 Å². The molecular formula is C28H35NO6. The molecule has 7 heteroatoms. The van der Waals surface area contributed by atoms with Crippen LogP contribution in [0.15, 0.2) is 60.9 Å². The predicted octanol–water partition coefficient (Wildman–Crippen LogP) is 4.90. The maximum Gasteiger partial charge on any atom is 0.303 e. The standard InChI is InChI=1S/C28H35NO6/c1-33-24-16-23(17-25(34-2)28(24)35-3)27(32)22(11-7-10-20-8-5-4-6-9-20)19-29-15-14-21(18-29)12-13-26(30)31/h4-6,8-9,14-18,22,27,32H,7,10-13,19H2,1-3H3,(H,30,31)/t22-,27-/m0/s1. The second kappa shape index (κ2) is 12.9. The summed E-state index contributed by atoms with van der Waals surface area (Å²) in [4.78, 5) is 10.9. The van der Waals surface area contributed by atoms with E-state index in [-0.39, 0.29) is 12.3 Å². The van der Waals surface area contributed by atoms with Crippen molar-refractivity contribution in [2.24, 2.45) is 5.92 Å². The van der Waals surface area contributed by atoms with Crippen molar-refractivity contribution in [1.29, 1.82) is 0 Å². The molecule has 0 aliphatic carbocycles. The van der Waals surface area contributed by atoms with E-state index in [0.29, 0.717) is 35.8 Å². The summed E-state index contributed by atoms with van der Waals surface area (Å²) in [5.74, 6) is 0.595. The largest absolute Gasteiger partial charge is 0.493 e. The van der Waals surface area contributed by atoms with Gasteiger partial charge in [0.05, 0.1) is 27.4 Å². The second-order valence-corrected chi connectivity index (χ2v) is 8.65. The van der Waals surface area contributed by atoms with Gasteiger partial charge in [-0.15, -0.1) is 0 Å². The molecule has 0 aliphatic heterocycles. The van der Waals surface area contributed by atoms with E-state index in [1.165, 1.54) is 5.56 Å². The first-order valence-corrected chi connectivity index (χ1v) is 11.8. The molecule has 0 radical (unpaired) electrons. The van der Waals surface area contributed by atoms with Gasteiger partial charge >= 0.3 is 5.97 Å². The smallest absolute Gasteiger partial charge is 0.303 e. The highest BCUT2D eigenvalue weighted by Crippen LogP contribution is 2.41. The van der Waals surface area contributed by atoms with Gasteiger partial charge < -0.3 is 29.0 Å². The Morgan fingerprint density at radius 3 is 2.23 bits per heavy atom. The second-order valence-electron chi connectivity index (χ2n) is 8.65. The van der Waals surface area contributed by atoms with Crippen LogP contribution < -0.4 is 14.2 Å². The van der Waals surface area contributed by atoms with E-state index in [1.54, 1.807) is 33.5 Å². The summed E-state index contributed by atoms with van der Waals surface area (Å²) in [6, 6.07) is 15.8. The Morgan fingerprint density at radius 2 is 1.63 bits per heavy atom.